The highest BCUT2D eigenvalue weighted by atomic mass is 16.5. The lowest BCUT2D eigenvalue weighted by Crippen LogP contribution is -2.42. The van der Waals surface area contributed by atoms with Crippen LogP contribution in [0.15, 0.2) is 24.3 Å². The van der Waals surface area contributed by atoms with E-state index in [1.807, 2.05) is 24.3 Å². The van der Waals surface area contributed by atoms with Gasteiger partial charge in [-0.2, -0.15) is 0 Å². The van der Waals surface area contributed by atoms with Crippen LogP contribution in [-0.4, -0.2) is 29.9 Å². The maximum Gasteiger partial charge on any atom is 0.119 e. The Morgan fingerprint density at radius 2 is 2.11 bits per heavy atom. The number of β-amino-alcohol motifs (C(OH)–C–C–N with tert-alkyl or cyclic N) is 1. The fraction of sp³-hybridized carbons (Fsp3) is 0.571. The average molecular weight is 252 g/mol. The second-order valence-corrected chi connectivity index (χ2v) is 5.45. The number of nitrogens with one attached hydrogen (secondary N) is 1. The molecule has 0 amide bonds. The Labute approximate surface area is 109 Å². The van der Waals surface area contributed by atoms with Gasteiger partial charge in [0.25, 0.3) is 0 Å². The van der Waals surface area contributed by atoms with Crippen LogP contribution in [-0.2, 0) is 6.54 Å². The molecule has 1 rings (SSSR count). The monoisotopic (exact) mass is 252 g/mol. The zero-order chi connectivity index (χ0) is 13.6. The molecule has 18 heavy (non-hydrogen) atoms. The number of ether oxygens (including phenoxy) is 1. The minimum absolute atomic E-state index is 0.000442. The zero-order valence-electron chi connectivity index (χ0n) is 11.4. The average Bonchev–Trinajstić information content (AvgIpc) is 2.33. The zero-order valence-corrected chi connectivity index (χ0v) is 11.4. The lowest BCUT2D eigenvalue weighted by Gasteiger charge is -2.23. The molecule has 0 saturated carbocycles. The predicted octanol–water partition coefficient (Wildman–Crippen LogP) is 1.27. The molecule has 0 spiro atoms. The summed E-state index contributed by atoms with van der Waals surface area (Å²) >= 11 is 0. The minimum Gasteiger partial charge on any atom is -0.491 e. The molecule has 1 aromatic rings. The number of nitrogens with two attached hydrogens (primary N) is 1. The number of rotatable bonds is 6. The summed E-state index contributed by atoms with van der Waals surface area (Å²) in [5, 5.41) is 13.0. The molecule has 0 bridgehead atoms. The van der Waals surface area contributed by atoms with Crippen molar-refractivity contribution in [2.75, 3.05) is 13.2 Å². The van der Waals surface area contributed by atoms with Gasteiger partial charge in [-0.1, -0.05) is 12.1 Å². The van der Waals surface area contributed by atoms with Crippen molar-refractivity contribution in [3.63, 3.8) is 0 Å². The smallest absolute Gasteiger partial charge is 0.119 e. The van der Waals surface area contributed by atoms with E-state index in [4.69, 9.17) is 10.5 Å². The van der Waals surface area contributed by atoms with Crippen LogP contribution in [0.25, 0.3) is 0 Å². The van der Waals surface area contributed by atoms with Gasteiger partial charge >= 0.3 is 0 Å². The first-order valence-electron chi connectivity index (χ1n) is 6.25. The molecule has 0 aromatic heterocycles. The molecule has 1 aromatic carbocycles. The maximum atomic E-state index is 9.79. The van der Waals surface area contributed by atoms with Gasteiger partial charge in [-0.15, -0.1) is 0 Å². The lowest BCUT2D eigenvalue weighted by atomic mass is 10.1. The first kappa shape index (κ1) is 15.0. The van der Waals surface area contributed by atoms with Crippen LogP contribution in [0, 0.1) is 0 Å². The van der Waals surface area contributed by atoms with Crippen molar-refractivity contribution in [1.29, 1.82) is 0 Å². The summed E-state index contributed by atoms with van der Waals surface area (Å²) in [7, 11) is 0. The highest BCUT2D eigenvalue weighted by molar-refractivity contribution is 5.28. The topological polar surface area (TPSA) is 67.5 Å². The quantitative estimate of drug-likeness (QED) is 0.713. The molecule has 0 radical (unpaired) electrons. The molecule has 102 valence electrons. The van der Waals surface area contributed by atoms with E-state index < -0.39 is 6.10 Å². The van der Waals surface area contributed by atoms with Gasteiger partial charge in [0.1, 0.15) is 18.5 Å². The standard InChI is InChI=1S/C14H24N2O2/c1-14(2,3)16-9-12(17)10-18-13-6-4-5-11(7-13)8-15/h4-7,12,16-17H,8-10,15H2,1-3H3. The predicted molar refractivity (Wildman–Crippen MR) is 73.6 cm³/mol. The Bertz CT molecular complexity index is 361. The number of hydrogen-bond donors (Lipinski definition) is 3. The summed E-state index contributed by atoms with van der Waals surface area (Å²) in [6.45, 7) is 7.46. The third kappa shape index (κ3) is 6.00. The third-order valence-corrected chi connectivity index (χ3v) is 2.44. The van der Waals surface area contributed by atoms with E-state index in [0.717, 1.165) is 11.3 Å². The fourth-order valence-corrected chi connectivity index (χ4v) is 1.44. The number of aliphatic hydroxyl groups excluding tert-OH is 1. The van der Waals surface area contributed by atoms with Crippen LogP contribution in [0.5, 0.6) is 5.75 Å². The second-order valence-electron chi connectivity index (χ2n) is 5.45. The van der Waals surface area contributed by atoms with Crippen LogP contribution in [0.1, 0.15) is 26.3 Å². The van der Waals surface area contributed by atoms with Crippen LogP contribution in [0.4, 0.5) is 0 Å². The van der Waals surface area contributed by atoms with Crippen molar-refractivity contribution >= 4 is 0 Å². The molecule has 4 heteroatoms. The molecule has 0 aliphatic rings. The summed E-state index contributed by atoms with van der Waals surface area (Å²) < 4.78 is 5.53. The van der Waals surface area contributed by atoms with E-state index in [-0.39, 0.29) is 12.1 Å². The Balaban J connectivity index is 2.35. The van der Waals surface area contributed by atoms with E-state index >= 15 is 0 Å². The number of aliphatic hydroxyl groups is 1. The Kier molecular flexibility index (Phi) is 5.59. The Morgan fingerprint density at radius 3 is 2.72 bits per heavy atom. The maximum absolute atomic E-state index is 9.79. The lowest BCUT2D eigenvalue weighted by molar-refractivity contribution is 0.100. The molecule has 4 N–H and O–H groups in total. The van der Waals surface area contributed by atoms with E-state index in [9.17, 15) is 5.11 Å². The highest BCUT2D eigenvalue weighted by Gasteiger charge is 2.12. The molecule has 1 unspecified atom stereocenters. The minimum atomic E-state index is -0.522. The van der Waals surface area contributed by atoms with Crippen LogP contribution >= 0.6 is 0 Å². The van der Waals surface area contributed by atoms with Crippen molar-refractivity contribution in [1.82, 2.24) is 5.32 Å². The summed E-state index contributed by atoms with van der Waals surface area (Å²) in [4.78, 5) is 0. The summed E-state index contributed by atoms with van der Waals surface area (Å²) in [5.74, 6) is 0.743. The molecule has 0 aliphatic carbocycles. The van der Waals surface area contributed by atoms with Crippen LogP contribution in [0.2, 0.25) is 0 Å². The van der Waals surface area contributed by atoms with Crippen molar-refractivity contribution in [3.8, 4) is 5.75 Å². The van der Waals surface area contributed by atoms with Crippen molar-refractivity contribution in [3.05, 3.63) is 29.8 Å². The summed E-state index contributed by atoms with van der Waals surface area (Å²) in [6, 6.07) is 7.61. The molecule has 4 nitrogen and oxygen atoms in total. The van der Waals surface area contributed by atoms with Gasteiger partial charge in [0, 0.05) is 18.6 Å². The molecule has 0 aliphatic heterocycles. The fourth-order valence-electron chi connectivity index (χ4n) is 1.44. The van der Waals surface area contributed by atoms with Gasteiger partial charge < -0.3 is 20.9 Å². The van der Waals surface area contributed by atoms with Gasteiger partial charge in [0.05, 0.1) is 0 Å². The number of hydrogen-bond acceptors (Lipinski definition) is 4. The van der Waals surface area contributed by atoms with Crippen molar-refractivity contribution in [2.45, 2.75) is 39.0 Å². The number of benzene rings is 1. The molecule has 1 atom stereocenters. The van der Waals surface area contributed by atoms with Crippen molar-refractivity contribution in [2.24, 2.45) is 5.73 Å². The van der Waals surface area contributed by atoms with Crippen LogP contribution in [0.3, 0.4) is 0 Å². The van der Waals surface area contributed by atoms with Gasteiger partial charge in [0.15, 0.2) is 0 Å². The normalized spacial score (nSPS) is 13.4. The third-order valence-electron chi connectivity index (χ3n) is 2.44. The second kappa shape index (κ2) is 6.73. The van der Waals surface area contributed by atoms with Gasteiger partial charge in [-0.25, -0.2) is 0 Å². The Hall–Kier alpha value is -1.10. The largest absolute Gasteiger partial charge is 0.491 e. The van der Waals surface area contributed by atoms with E-state index in [1.165, 1.54) is 0 Å². The Morgan fingerprint density at radius 1 is 1.39 bits per heavy atom. The molecule has 0 fully saturated rings. The first-order valence-corrected chi connectivity index (χ1v) is 6.25. The molecule has 0 heterocycles. The van der Waals surface area contributed by atoms with Gasteiger partial charge in [-0.3, -0.25) is 0 Å². The van der Waals surface area contributed by atoms with Crippen molar-refractivity contribution < 1.29 is 9.84 Å². The summed E-state index contributed by atoms with van der Waals surface area (Å²) in [6.07, 6.45) is -0.522. The summed E-state index contributed by atoms with van der Waals surface area (Å²) in [5.41, 5.74) is 6.58. The van der Waals surface area contributed by atoms with E-state index in [0.29, 0.717) is 13.1 Å². The SMILES string of the molecule is CC(C)(C)NCC(O)COc1cccc(CN)c1. The molecule has 0 saturated heterocycles. The molecular formula is C14H24N2O2. The highest BCUT2D eigenvalue weighted by Crippen LogP contribution is 2.13. The van der Waals surface area contributed by atoms with E-state index in [2.05, 4.69) is 26.1 Å². The van der Waals surface area contributed by atoms with Crippen LogP contribution < -0.4 is 15.8 Å². The van der Waals surface area contributed by atoms with Gasteiger partial charge in [-0.05, 0) is 38.5 Å². The van der Waals surface area contributed by atoms with E-state index in [1.54, 1.807) is 0 Å². The first-order chi connectivity index (χ1) is 8.40. The molecular weight excluding hydrogens is 228 g/mol. The van der Waals surface area contributed by atoms with Gasteiger partial charge in [0.2, 0.25) is 0 Å².